The first-order chi connectivity index (χ1) is 12.1. The van der Waals surface area contributed by atoms with E-state index in [1.54, 1.807) is 12.1 Å². The van der Waals surface area contributed by atoms with Crippen LogP contribution in [0.5, 0.6) is 0 Å². The minimum absolute atomic E-state index is 0.0531. The molecule has 3 aromatic rings. The van der Waals surface area contributed by atoms with E-state index in [-0.39, 0.29) is 13.1 Å². The van der Waals surface area contributed by atoms with E-state index in [1.165, 1.54) is 6.26 Å². The lowest BCUT2D eigenvalue weighted by atomic mass is 10.0. The molecule has 0 atom stereocenters. The van der Waals surface area contributed by atoms with Gasteiger partial charge in [0, 0.05) is 0 Å². The molecule has 1 saturated heterocycles. The summed E-state index contributed by atoms with van der Waals surface area (Å²) < 4.78 is 5.16. The van der Waals surface area contributed by atoms with Crippen molar-refractivity contribution in [1.29, 1.82) is 0 Å². The van der Waals surface area contributed by atoms with Gasteiger partial charge < -0.3 is 4.42 Å². The fourth-order valence-corrected chi connectivity index (χ4v) is 2.99. The summed E-state index contributed by atoms with van der Waals surface area (Å²) in [5.41, 5.74) is 0.812. The Kier molecular flexibility index (Phi) is 3.57. The van der Waals surface area contributed by atoms with Crippen molar-refractivity contribution in [1.82, 2.24) is 9.80 Å². The van der Waals surface area contributed by atoms with Crippen molar-refractivity contribution in [3.63, 3.8) is 0 Å². The quantitative estimate of drug-likeness (QED) is 0.543. The van der Waals surface area contributed by atoms with Crippen LogP contribution in [0.25, 0.3) is 10.8 Å². The van der Waals surface area contributed by atoms with Crippen LogP contribution in [0.15, 0.2) is 65.3 Å². The molecule has 4 amide bonds. The lowest BCUT2D eigenvalue weighted by molar-refractivity contribution is -0.143. The van der Waals surface area contributed by atoms with Gasteiger partial charge in [-0.25, -0.2) is 9.69 Å². The van der Waals surface area contributed by atoms with Gasteiger partial charge in [-0.3, -0.25) is 14.5 Å². The van der Waals surface area contributed by atoms with E-state index >= 15 is 0 Å². The topological polar surface area (TPSA) is 70.8 Å². The van der Waals surface area contributed by atoms with Crippen LogP contribution in [-0.4, -0.2) is 27.6 Å². The first kappa shape index (κ1) is 15.1. The highest BCUT2D eigenvalue weighted by Gasteiger charge is 2.44. The number of rotatable bonds is 4. The standard InChI is InChI=1S/C19H14N2O4/c22-17-18(23)21(12-15-8-4-10-25-15)19(24)20(17)11-14-7-3-6-13-5-1-2-9-16(13)14/h1-10H,11-12H2. The smallest absolute Gasteiger partial charge is 0.334 e. The van der Waals surface area contributed by atoms with Crippen molar-refractivity contribution in [2.75, 3.05) is 0 Å². The molecule has 1 fully saturated rings. The average molecular weight is 334 g/mol. The summed E-state index contributed by atoms with van der Waals surface area (Å²) in [6, 6.07) is 16.1. The van der Waals surface area contributed by atoms with Crippen LogP contribution >= 0.6 is 0 Å². The molecule has 0 bridgehead atoms. The van der Waals surface area contributed by atoms with Crippen molar-refractivity contribution < 1.29 is 18.8 Å². The normalized spacial score (nSPS) is 14.8. The zero-order chi connectivity index (χ0) is 17.4. The summed E-state index contributed by atoms with van der Waals surface area (Å²) in [6.07, 6.45) is 1.45. The van der Waals surface area contributed by atoms with Gasteiger partial charge in [0.25, 0.3) is 0 Å². The van der Waals surface area contributed by atoms with Gasteiger partial charge in [-0.15, -0.1) is 0 Å². The van der Waals surface area contributed by atoms with Crippen LogP contribution in [0, 0.1) is 0 Å². The Morgan fingerprint density at radius 2 is 1.48 bits per heavy atom. The zero-order valence-corrected chi connectivity index (χ0v) is 13.2. The molecular formula is C19H14N2O4. The first-order valence-electron chi connectivity index (χ1n) is 7.81. The van der Waals surface area contributed by atoms with Crippen LogP contribution in [0.4, 0.5) is 4.79 Å². The third-order valence-corrected chi connectivity index (χ3v) is 4.24. The van der Waals surface area contributed by atoms with Gasteiger partial charge >= 0.3 is 17.8 Å². The van der Waals surface area contributed by atoms with Crippen LogP contribution in [-0.2, 0) is 22.7 Å². The van der Waals surface area contributed by atoms with E-state index in [0.29, 0.717) is 5.76 Å². The van der Waals surface area contributed by atoms with Gasteiger partial charge in [0.15, 0.2) is 0 Å². The third-order valence-electron chi connectivity index (χ3n) is 4.24. The molecule has 0 unspecified atom stereocenters. The molecule has 6 nitrogen and oxygen atoms in total. The Hall–Kier alpha value is -3.41. The summed E-state index contributed by atoms with van der Waals surface area (Å²) in [7, 11) is 0. The minimum Gasteiger partial charge on any atom is -0.467 e. The second-order valence-corrected chi connectivity index (χ2v) is 5.78. The minimum atomic E-state index is -0.832. The van der Waals surface area contributed by atoms with Crippen molar-refractivity contribution in [3.8, 4) is 0 Å². The van der Waals surface area contributed by atoms with E-state index in [0.717, 1.165) is 26.1 Å². The second kappa shape index (κ2) is 5.90. The molecule has 0 saturated carbocycles. The molecule has 0 spiro atoms. The Balaban J connectivity index is 1.63. The van der Waals surface area contributed by atoms with Crippen LogP contribution in [0.2, 0.25) is 0 Å². The van der Waals surface area contributed by atoms with Crippen molar-refractivity contribution in [2.45, 2.75) is 13.1 Å². The molecule has 1 aliphatic heterocycles. The Morgan fingerprint density at radius 3 is 2.24 bits per heavy atom. The lowest BCUT2D eigenvalue weighted by Crippen LogP contribution is -2.32. The third kappa shape index (κ3) is 2.57. The van der Waals surface area contributed by atoms with E-state index in [2.05, 4.69) is 0 Å². The summed E-state index contributed by atoms with van der Waals surface area (Å²) in [4.78, 5) is 38.9. The molecule has 0 N–H and O–H groups in total. The first-order valence-corrected chi connectivity index (χ1v) is 7.81. The Bertz CT molecular complexity index is 973. The number of hydrogen-bond acceptors (Lipinski definition) is 4. The zero-order valence-electron chi connectivity index (χ0n) is 13.2. The molecule has 0 aliphatic carbocycles. The van der Waals surface area contributed by atoms with Crippen molar-refractivity contribution >= 4 is 28.6 Å². The second-order valence-electron chi connectivity index (χ2n) is 5.78. The number of benzene rings is 2. The van der Waals surface area contributed by atoms with Gasteiger partial charge in [-0.1, -0.05) is 42.5 Å². The number of carbonyl (C=O) groups excluding carboxylic acids is 3. The molecule has 0 radical (unpaired) electrons. The summed E-state index contributed by atoms with van der Waals surface area (Å²) in [6.45, 7) is 0.00184. The van der Waals surface area contributed by atoms with Crippen LogP contribution < -0.4 is 0 Å². The number of fused-ring (bicyclic) bond motifs is 1. The predicted molar refractivity (Wildman–Crippen MR) is 89.2 cm³/mol. The van der Waals surface area contributed by atoms with Gasteiger partial charge in [-0.05, 0) is 28.5 Å². The fraction of sp³-hybridized carbons (Fsp3) is 0.105. The SMILES string of the molecule is O=C1C(=O)N(Cc2cccc3ccccc23)C(=O)N1Cc1ccco1. The Morgan fingerprint density at radius 1 is 0.760 bits per heavy atom. The van der Waals surface area contributed by atoms with E-state index in [4.69, 9.17) is 4.42 Å². The highest BCUT2D eigenvalue weighted by atomic mass is 16.3. The molecule has 2 heterocycles. The maximum Gasteiger partial charge on any atom is 0.334 e. The van der Waals surface area contributed by atoms with Crippen LogP contribution in [0.1, 0.15) is 11.3 Å². The largest absolute Gasteiger partial charge is 0.467 e. The lowest BCUT2D eigenvalue weighted by Gasteiger charge is -2.16. The molecule has 1 aliphatic rings. The van der Waals surface area contributed by atoms with E-state index < -0.39 is 17.8 Å². The molecule has 4 rings (SSSR count). The highest BCUT2D eigenvalue weighted by molar-refractivity contribution is 6.44. The fourth-order valence-electron chi connectivity index (χ4n) is 2.99. The van der Waals surface area contributed by atoms with Crippen molar-refractivity contribution in [2.24, 2.45) is 0 Å². The van der Waals surface area contributed by atoms with E-state index in [9.17, 15) is 14.4 Å². The maximum atomic E-state index is 12.6. The van der Waals surface area contributed by atoms with Gasteiger partial charge in [-0.2, -0.15) is 0 Å². The predicted octanol–water partition coefficient (Wildman–Crippen LogP) is 2.92. The monoisotopic (exact) mass is 334 g/mol. The number of hydrogen-bond donors (Lipinski definition) is 0. The highest BCUT2D eigenvalue weighted by Crippen LogP contribution is 2.23. The number of imide groups is 2. The number of carbonyl (C=O) groups is 3. The number of urea groups is 1. The summed E-state index contributed by atoms with van der Waals surface area (Å²) >= 11 is 0. The maximum absolute atomic E-state index is 12.6. The molecule has 124 valence electrons. The van der Waals surface area contributed by atoms with Gasteiger partial charge in [0.05, 0.1) is 19.4 Å². The number of furan rings is 1. The van der Waals surface area contributed by atoms with E-state index in [1.807, 2.05) is 42.5 Å². The number of nitrogens with zero attached hydrogens (tertiary/aromatic N) is 2. The summed E-state index contributed by atoms with van der Waals surface area (Å²) in [5.74, 6) is -1.20. The van der Waals surface area contributed by atoms with Gasteiger partial charge in [0.1, 0.15) is 5.76 Å². The molecule has 1 aromatic heterocycles. The molecular weight excluding hydrogens is 320 g/mol. The molecule has 6 heteroatoms. The van der Waals surface area contributed by atoms with Gasteiger partial charge in [0.2, 0.25) is 0 Å². The average Bonchev–Trinajstić information content (AvgIpc) is 3.21. The van der Waals surface area contributed by atoms with Crippen molar-refractivity contribution in [3.05, 3.63) is 72.2 Å². The molecule has 2 aromatic carbocycles. The van der Waals surface area contributed by atoms with Crippen LogP contribution in [0.3, 0.4) is 0 Å². The summed E-state index contributed by atoms with van der Waals surface area (Å²) in [5, 5.41) is 1.96. The number of amides is 4. The Labute approximate surface area is 143 Å². The molecule has 25 heavy (non-hydrogen) atoms.